The van der Waals surface area contributed by atoms with E-state index in [1.807, 2.05) is 6.07 Å². The molecule has 0 bridgehead atoms. The summed E-state index contributed by atoms with van der Waals surface area (Å²) in [5, 5.41) is 12.2. The van der Waals surface area contributed by atoms with Gasteiger partial charge in [0.2, 0.25) is 5.91 Å². The molecule has 2 N–H and O–H groups in total. The molecule has 0 aromatic heterocycles. The van der Waals surface area contributed by atoms with Crippen LogP contribution in [0.1, 0.15) is 64.9 Å². The highest BCUT2D eigenvalue weighted by atomic mass is 79.9. The number of hydrogen-bond donors (Lipinski definition) is 2. The van der Waals surface area contributed by atoms with E-state index < -0.39 is 5.97 Å². The van der Waals surface area contributed by atoms with Crippen LogP contribution in [0.2, 0.25) is 0 Å². The molecule has 1 aliphatic rings. The van der Waals surface area contributed by atoms with E-state index in [0.717, 1.165) is 29.5 Å². The summed E-state index contributed by atoms with van der Waals surface area (Å²) in [6, 6.07) is 6.10. The normalized spacial score (nSPS) is 19.9. The number of carboxylic acids is 1. The highest BCUT2D eigenvalue weighted by Gasteiger charge is 2.30. The van der Waals surface area contributed by atoms with Crippen molar-refractivity contribution >= 4 is 27.8 Å². The third-order valence-corrected chi connectivity index (χ3v) is 6.01. The van der Waals surface area contributed by atoms with E-state index in [2.05, 4.69) is 54.2 Å². The number of aliphatic carboxylic acids is 1. The summed E-state index contributed by atoms with van der Waals surface area (Å²) in [4.78, 5) is 23.4. The second-order valence-electron chi connectivity index (χ2n) is 8.64. The number of carboxylic acid groups (broad SMARTS) is 1. The van der Waals surface area contributed by atoms with E-state index in [4.69, 9.17) is 4.74 Å². The van der Waals surface area contributed by atoms with Gasteiger partial charge in [-0.1, -0.05) is 39.7 Å². The predicted molar refractivity (Wildman–Crippen MR) is 114 cm³/mol. The maximum atomic E-state index is 12.1. The number of ether oxygens (including phenoxy) is 1. The van der Waals surface area contributed by atoms with Crippen molar-refractivity contribution in [3.63, 3.8) is 0 Å². The van der Waals surface area contributed by atoms with E-state index in [1.54, 1.807) is 0 Å². The summed E-state index contributed by atoms with van der Waals surface area (Å²) < 4.78 is 6.71. The molecular formula is C22H32BrNO4. The lowest BCUT2D eigenvalue weighted by Crippen LogP contribution is -2.37. The Labute approximate surface area is 176 Å². The van der Waals surface area contributed by atoms with Crippen LogP contribution in [-0.4, -0.2) is 30.1 Å². The minimum Gasteiger partial charge on any atom is -0.492 e. The number of nitrogens with one attached hydrogen (secondary N) is 1. The molecule has 1 saturated carbocycles. The number of hydrogen-bond acceptors (Lipinski definition) is 3. The Morgan fingerprint density at radius 2 is 1.96 bits per heavy atom. The van der Waals surface area contributed by atoms with Gasteiger partial charge in [0, 0.05) is 13.0 Å². The van der Waals surface area contributed by atoms with Gasteiger partial charge in [0.15, 0.2) is 0 Å². The smallest absolute Gasteiger partial charge is 0.306 e. The van der Waals surface area contributed by atoms with Crippen LogP contribution >= 0.6 is 15.9 Å². The first-order valence-electron chi connectivity index (χ1n) is 10.1. The maximum Gasteiger partial charge on any atom is 0.306 e. The zero-order chi connectivity index (χ0) is 20.7. The zero-order valence-electron chi connectivity index (χ0n) is 17.1. The molecule has 1 aromatic rings. The average Bonchev–Trinajstić information content (AvgIpc) is 2.63. The Morgan fingerprint density at radius 3 is 2.61 bits per heavy atom. The van der Waals surface area contributed by atoms with Gasteiger partial charge in [-0.25, -0.2) is 0 Å². The van der Waals surface area contributed by atoms with Crippen molar-refractivity contribution in [3.05, 3.63) is 28.2 Å². The van der Waals surface area contributed by atoms with Crippen molar-refractivity contribution in [1.82, 2.24) is 5.32 Å². The molecule has 0 heterocycles. The summed E-state index contributed by atoms with van der Waals surface area (Å²) in [6.07, 6.45) is 4.59. The molecule has 0 spiro atoms. The SMILES string of the molecule is CC(C)(C)c1ccc(OCCCC(=O)NC[C@@H]2CCCC[C@@H]2C(=O)O)c(Br)c1. The van der Waals surface area contributed by atoms with Crippen LogP contribution in [-0.2, 0) is 15.0 Å². The third kappa shape index (κ3) is 6.80. The Hall–Kier alpha value is -1.56. The minimum absolute atomic E-state index is 0.0412. The van der Waals surface area contributed by atoms with Gasteiger partial charge < -0.3 is 15.2 Å². The molecule has 0 aliphatic heterocycles. The van der Waals surface area contributed by atoms with Crippen LogP contribution in [0.15, 0.2) is 22.7 Å². The average molecular weight is 454 g/mol. The molecule has 5 nitrogen and oxygen atoms in total. The van der Waals surface area contributed by atoms with Crippen LogP contribution in [0.5, 0.6) is 5.75 Å². The monoisotopic (exact) mass is 453 g/mol. The maximum absolute atomic E-state index is 12.1. The topological polar surface area (TPSA) is 75.6 Å². The minimum atomic E-state index is -0.740. The van der Waals surface area contributed by atoms with Crippen molar-refractivity contribution < 1.29 is 19.4 Å². The molecule has 1 aliphatic carbocycles. The van der Waals surface area contributed by atoms with Gasteiger partial charge in [-0.05, 0) is 64.2 Å². The van der Waals surface area contributed by atoms with Gasteiger partial charge in [0.1, 0.15) is 5.75 Å². The van der Waals surface area contributed by atoms with Gasteiger partial charge in [-0.3, -0.25) is 9.59 Å². The molecule has 0 unspecified atom stereocenters. The Morgan fingerprint density at radius 1 is 1.25 bits per heavy atom. The van der Waals surface area contributed by atoms with Gasteiger partial charge in [0.25, 0.3) is 0 Å². The fourth-order valence-corrected chi connectivity index (χ4v) is 4.10. The molecule has 0 radical (unpaired) electrons. The summed E-state index contributed by atoms with van der Waals surface area (Å²) in [5.41, 5.74) is 1.31. The fourth-order valence-electron chi connectivity index (χ4n) is 3.61. The fraction of sp³-hybridized carbons (Fsp3) is 0.636. The summed E-state index contributed by atoms with van der Waals surface area (Å²) >= 11 is 3.55. The van der Waals surface area contributed by atoms with Crippen LogP contribution in [0.4, 0.5) is 0 Å². The molecule has 1 amide bonds. The summed E-state index contributed by atoms with van der Waals surface area (Å²) in [5.74, 6) is -0.287. The van der Waals surface area contributed by atoms with Crippen LogP contribution < -0.4 is 10.1 Å². The quantitative estimate of drug-likeness (QED) is 0.548. The van der Waals surface area contributed by atoms with E-state index >= 15 is 0 Å². The molecule has 2 atom stereocenters. The van der Waals surface area contributed by atoms with Crippen LogP contribution in [0.3, 0.4) is 0 Å². The van der Waals surface area contributed by atoms with Crippen LogP contribution in [0.25, 0.3) is 0 Å². The van der Waals surface area contributed by atoms with Crippen molar-refractivity contribution in [2.45, 2.75) is 64.7 Å². The zero-order valence-corrected chi connectivity index (χ0v) is 18.7. The second kappa shape index (κ2) is 10.3. The first kappa shape index (κ1) is 22.7. The molecule has 28 heavy (non-hydrogen) atoms. The van der Waals surface area contributed by atoms with E-state index in [-0.39, 0.29) is 23.2 Å². The number of amides is 1. The number of benzene rings is 1. The molecule has 156 valence electrons. The first-order valence-corrected chi connectivity index (χ1v) is 10.9. The van der Waals surface area contributed by atoms with Crippen molar-refractivity contribution in [2.24, 2.45) is 11.8 Å². The number of halogens is 1. The van der Waals surface area contributed by atoms with Gasteiger partial charge in [0.05, 0.1) is 17.0 Å². The standard InChI is InChI=1S/C22H32BrNO4/c1-22(2,3)16-10-11-19(18(23)13-16)28-12-6-9-20(25)24-14-15-7-4-5-8-17(15)21(26)27/h10-11,13,15,17H,4-9,12,14H2,1-3H3,(H,24,25)(H,26,27)/t15-,17-/m0/s1. The lowest BCUT2D eigenvalue weighted by molar-refractivity contribution is -0.145. The van der Waals surface area contributed by atoms with Crippen molar-refractivity contribution in [1.29, 1.82) is 0 Å². The van der Waals surface area contributed by atoms with E-state index in [0.29, 0.717) is 32.4 Å². The first-order chi connectivity index (χ1) is 13.2. The van der Waals surface area contributed by atoms with Gasteiger partial charge >= 0.3 is 5.97 Å². The second-order valence-corrected chi connectivity index (χ2v) is 9.49. The molecule has 1 aromatic carbocycles. The highest BCUT2D eigenvalue weighted by Crippen LogP contribution is 2.32. The molecule has 1 fully saturated rings. The molecule has 2 rings (SSSR count). The molecular weight excluding hydrogens is 422 g/mol. The number of carbonyl (C=O) groups is 2. The molecule has 6 heteroatoms. The Balaban J connectivity index is 1.70. The molecule has 0 saturated heterocycles. The lowest BCUT2D eigenvalue weighted by atomic mass is 9.79. The lowest BCUT2D eigenvalue weighted by Gasteiger charge is -2.28. The van der Waals surface area contributed by atoms with Crippen LogP contribution in [0, 0.1) is 11.8 Å². The highest BCUT2D eigenvalue weighted by molar-refractivity contribution is 9.10. The predicted octanol–water partition coefficient (Wildman–Crippen LogP) is 4.91. The Bertz CT molecular complexity index is 684. The number of carbonyl (C=O) groups excluding carboxylic acids is 1. The number of rotatable bonds is 8. The van der Waals surface area contributed by atoms with E-state index in [9.17, 15) is 14.7 Å². The van der Waals surface area contributed by atoms with Gasteiger partial charge in [-0.2, -0.15) is 0 Å². The van der Waals surface area contributed by atoms with Crippen molar-refractivity contribution in [3.8, 4) is 5.75 Å². The Kier molecular flexibility index (Phi) is 8.35. The largest absolute Gasteiger partial charge is 0.492 e. The van der Waals surface area contributed by atoms with Crippen molar-refractivity contribution in [2.75, 3.05) is 13.2 Å². The van der Waals surface area contributed by atoms with E-state index in [1.165, 1.54) is 5.56 Å². The summed E-state index contributed by atoms with van der Waals surface area (Å²) in [7, 11) is 0. The summed E-state index contributed by atoms with van der Waals surface area (Å²) in [6.45, 7) is 7.41. The van der Waals surface area contributed by atoms with Gasteiger partial charge in [-0.15, -0.1) is 0 Å². The third-order valence-electron chi connectivity index (χ3n) is 5.39.